The van der Waals surface area contributed by atoms with Crippen LogP contribution in [0.3, 0.4) is 0 Å². The van der Waals surface area contributed by atoms with Crippen LogP contribution in [0.15, 0.2) is 34.9 Å². The highest BCUT2D eigenvalue weighted by molar-refractivity contribution is 9.10. The highest BCUT2D eigenvalue weighted by Crippen LogP contribution is 2.34. The molecule has 0 spiro atoms. The Bertz CT molecular complexity index is 970. The SMILES string of the molecule is CNC(=O)c1cc(-c2nc(N)ncc2Br)[nH]c1-c1cc(Cl)ccc1C. The summed E-state index contributed by atoms with van der Waals surface area (Å²) in [7, 11) is 1.59. The van der Waals surface area contributed by atoms with Crippen molar-refractivity contribution in [2.45, 2.75) is 6.92 Å². The van der Waals surface area contributed by atoms with Gasteiger partial charge in [-0.1, -0.05) is 17.7 Å². The molecule has 0 aliphatic heterocycles. The van der Waals surface area contributed by atoms with Gasteiger partial charge in [0.25, 0.3) is 5.91 Å². The molecule has 0 aliphatic carbocycles. The molecule has 3 aromatic rings. The van der Waals surface area contributed by atoms with Gasteiger partial charge in [-0.2, -0.15) is 0 Å². The number of aromatic nitrogens is 3. The second kappa shape index (κ2) is 6.85. The molecule has 8 heteroatoms. The van der Waals surface area contributed by atoms with Crippen LogP contribution in [0.5, 0.6) is 0 Å². The average molecular weight is 421 g/mol. The molecule has 128 valence electrons. The van der Waals surface area contributed by atoms with Crippen molar-refractivity contribution < 1.29 is 4.79 Å². The number of H-pyrrole nitrogens is 1. The van der Waals surface area contributed by atoms with Gasteiger partial charge in [0, 0.05) is 23.8 Å². The molecule has 0 radical (unpaired) electrons. The van der Waals surface area contributed by atoms with Crippen molar-refractivity contribution in [3.63, 3.8) is 0 Å². The third-order valence-corrected chi connectivity index (χ3v) is 4.59. The van der Waals surface area contributed by atoms with E-state index in [0.717, 1.165) is 11.1 Å². The lowest BCUT2D eigenvalue weighted by Gasteiger charge is -2.07. The van der Waals surface area contributed by atoms with E-state index in [1.807, 2.05) is 25.1 Å². The van der Waals surface area contributed by atoms with Crippen molar-refractivity contribution in [1.29, 1.82) is 0 Å². The van der Waals surface area contributed by atoms with Crippen molar-refractivity contribution in [1.82, 2.24) is 20.3 Å². The third-order valence-electron chi connectivity index (χ3n) is 3.78. The smallest absolute Gasteiger partial charge is 0.253 e. The van der Waals surface area contributed by atoms with E-state index in [1.165, 1.54) is 0 Å². The normalized spacial score (nSPS) is 10.7. The van der Waals surface area contributed by atoms with Crippen LogP contribution in [-0.2, 0) is 0 Å². The Kier molecular flexibility index (Phi) is 4.78. The Labute approximate surface area is 158 Å². The molecule has 2 aromatic heterocycles. The van der Waals surface area contributed by atoms with Crippen molar-refractivity contribution >= 4 is 39.4 Å². The van der Waals surface area contributed by atoms with E-state index < -0.39 is 0 Å². The zero-order valence-corrected chi connectivity index (χ0v) is 15.9. The number of aromatic amines is 1. The van der Waals surface area contributed by atoms with E-state index in [1.54, 1.807) is 19.3 Å². The fraction of sp³-hybridized carbons (Fsp3) is 0.118. The first-order chi connectivity index (χ1) is 11.9. The molecule has 2 heterocycles. The van der Waals surface area contributed by atoms with E-state index in [2.05, 4.69) is 36.2 Å². The van der Waals surface area contributed by atoms with Crippen molar-refractivity contribution in [3.8, 4) is 22.6 Å². The number of benzene rings is 1. The summed E-state index contributed by atoms with van der Waals surface area (Å²) in [5.74, 6) is -0.0650. The van der Waals surface area contributed by atoms with E-state index in [0.29, 0.717) is 32.1 Å². The lowest BCUT2D eigenvalue weighted by molar-refractivity contribution is 0.0964. The minimum atomic E-state index is -0.213. The zero-order valence-electron chi connectivity index (χ0n) is 13.5. The molecule has 0 unspecified atom stereocenters. The van der Waals surface area contributed by atoms with Crippen LogP contribution in [0, 0.1) is 6.92 Å². The summed E-state index contributed by atoms with van der Waals surface area (Å²) in [5, 5.41) is 3.25. The number of carbonyl (C=O) groups excluding carboxylic acids is 1. The van der Waals surface area contributed by atoms with Crippen LogP contribution in [0.1, 0.15) is 15.9 Å². The quantitative estimate of drug-likeness (QED) is 0.600. The fourth-order valence-corrected chi connectivity index (χ4v) is 3.12. The number of hydrogen-bond donors (Lipinski definition) is 3. The van der Waals surface area contributed by atoms with Gasteiger partial charge in [0.2, 0.25) is 5.95 Å². The third kappa shape index (κ3) is 3.38. The molecular weight excluding hydrogens is 406 g/mol. The molecule has 3 rings (SSSR count). The molecule has 0 atom stereocenters. The number of carbonyl (C=O) groups is 1. The number of nitrogen functional groups attached to an aromatic ring is 1. The summed E-state index contributed by atoms with van der Waals surface area (Å²) in [6.07, 6.45) is 1.57. The van der Waals surface area contributed by atoms with E-state index in [-0.39, 0.29) is 11.9 Å². The van der Waals surface area contributed by atoms with Gasteiger partial charge in [0.1, 0.15) is 5.69 Å². The Morgan fingerprint density at radius 1 is 1.36 bits per heavy atom. The topological polar surface area (TPSA) is 96.7 Å². The van der Waals surface area contributed by atoms with E-state index in [4.69, 9.17) is 17.3 Å². The molecule has 0 aliphatic rings. The van der Waals surface area contributed by atoms with Gasteiger partial charge >= 0.3 is 0 Å². The Morgan fingerprint density at radius 3 is 2.84 bits per heavy atom. The highest BCUT2D eigenvalue weighted by Gasteiger charge is 2.20. The fourth-order valence-electron chi connectivity index (χ4n) is 2.54. The van der Waals surface area contributed by atoms with Crippen LogP contribution < -0.4 is 11.1 Å². The number of amides is 1. The summed E-state index contributed by atoms with van der Waals surface area (Å²) in [6, 6.07) is 7.28. The summed E-state index contributed by atoms with van der Waals surface area (Å²) in [5.41, 5.74) is 9.91. The first kappa shape index (κ1) is 17.4. The van der Waals surface area contributed by atoms with Gasteiger partial charge in [0.15, 0.2) is 0 Å². The zero-order chi connectivity index (χ0) is 18.1. The van der Waals surface area contributed by atoms with Crippen LogP contribution in [-0.4, -0.2) is 27.9 Å². The molecule has 25 heavy (non-hydrogen) atoms. The number of rotatable bonds is 3. The van der Waals surface area contributed by atoms with Gasteiger partial charge < -0.3 is 16.0 Å². The molecule has 0 saturated carbocycles. The Hall–Kier alpha value is -2.38. The van der Waals surface area contributed by atoms with Gasteiger partial charge in [-0.05, 0) is 46.6 Å². The monoisotopic (exact) mass is 419 g/mol. The maximum Gasteiger partial charge on any atom is 0.253 e. The van der Waals surface area contributed by atoms with Crippen molar-refractivity contribution in [3.05, 3.63) is 51.1 Å². The van der Waals surface area contributed by atoms with E-state index >= 15 is 0 Å². The molecule has 1 amide bonds. The Balaban J connectivity index is 2.25. The molecule has 0 saturated heterocycles. The molecule has 1 aromatic carbocycles. The number of anilines is 1. The number of halogens is 2. The number of aryl methyl sites for hydroxylation is 1. The molecule has 0 fully saturated rings. The lowest BCUT2D eigenvalue weighted by Crippen LogP contribution is -2.18. The van der Waals surface area contributed by atoms with Gasteiger partial charge in [-0.25, -0.2) is 9.97 Å². The maximum absolute atomic E-state index is 12.4. The average Bonchev–Trinajstić information content (AvgIpc) is 3.03. The van der Waals surface area contributed by atoms with Crippen LogP contribution in [0.25, 0.3) is 22.6 Å². The Morgan fingerprint density at radius 2 is 2.12 bits per heavy atom. The second-order valence-corrected chi connectivity index (χ2v) is 6.73. The maximum atomic E-state index is 12.4. The minimum Gasteiger partial charge on any atom is -0.368 e. The van der Waals surface area contributed by atoms with Gasteiger partial charge in [0.05, 0.1) is 21.4 Å². The predicted molar refractivity (Wildman–Crippen MR) is 103 cm³/mol. The highest BCUT2D eigenvalue weighted by atomic mass is 79.9. The summed E-state index contributed by atoms with van der Waals surface area (Å²) in [6.45, 7) is 1.96. The van der Waals surface area contributed by atoms with Crippen LogP contribution in [0.2, 0.25) is 5.02 Å². The number of nitrogens with zero attached hydrogens (tertiary/aromatic N) is 2. The first-order valence-corrected chi connectivity index (χ1v) is 8.57. The first-order valence-electron chi connectivity index (χ1n) is 7.40. The number of nitrogens with one attached hydrogen (secondary N) is 2. The minimum absolute atomic E-state index is 0.148. The number of nitrogens with two attached hydrogens (primary N) is 1. The summed E-state index contributed by atoms with van der Waals surface area (Å²) >= 11 is 9.56. The number of hydrogen-bond acceptors (Lipinski definition) is 4. The van der Waals surface area contributed by atoms with Gasteiger partial charge in [-0.3, -0.25) is 4.79 Å². The molecule has 0 bridgehead atoms. The van der Waals surface area contributed by atoms with Crippen molar-refractivity contribution in [2.75, 3.05) is 12.8 Å². The lowest BCUT2D eigenvalue weighted by atomic mass is 10.0. The molecular formula is C17H15BrClN5O. The molecule has 6 nitrogen and oxygen atoms in total. The van der Waals surface area contributed by atoms with Gasteiger partial charge in [-0.15, -0.1) is 0 Å². The summed E-state index contributed by atoms with van der Waals surface area (Å²) < 4.78 is 0.667. The summed E-state index contributed by atoms with van der Waals surface area (Å²) in [4.78, 5) is 23.8. The second-order valence-electron chi connectivity index (χ2n) is 5.43. The van der Waals surface area contributed by atoms with Crippen molar-refractivity contribution in [2.24, 2.45) is 0 Å². The molecule has 4 N–H and O–H groups in total. The predicted octanol–water partition coefficient (Wildman–Crippen LogP) is 3.80. The standard InChI is InChI=1S/C17H15BrClN5O/c1-8-3-4-9(19)5-10(8)14-11(16(25)21-2)6-13(23-14)15-12(18)7-22-17(20)24-15/h3-7,23H,1-2H3,(H,21,25)(H2,20,22,24). The van der Waals surface area contributed by atoms with Crippen LogP contribution >= 0.6 is 27.5 Å². The van der Waals surface area contributed by atoms with Crippen LogP contribution in [0.4, 0.5) is 5.95 Å². The van der Waals surface area contributed by atoms with E-state index in [9.17, 15) is 4.79 Å². The largest absolute Gasteiger partial charge is 0.368 e.